The molecule has 0 bridgehead atoms. The van der Waals surface area contributed by atoms with Crippen LogP contribution in [-0.2, 0) is 0 Å². The van der Waals surface area contributed by atoms with Crippen molar-refractivity contribution in [3.05, 3.63) is 77.6 Å². The summed E-state index contributed by atoms with van der Waals surface area (Å²) >= 11 is 0. The second kappa shape index (κ2) is 9.52. The molecule has 1 amide bonds. The Morgan fingerprint density at radius 2 is 2.00 bits per heavy atom. The van der Waals surface area contributed by atoms with E-state index in [2.05, 4.69) is 15.6 Å². The van der Waals surface area contributed by atoms with E-state index in [0.29, 0.717) is 16.9 Å². The maximum absolute atomic E-state index is 14.2. The molecule has 0 atom stereocenters. The lowest BCUT2D eigenvalue weighted by Gasteiger charge is -2.14. The number of alkyl halides is 2. The van der Waals surface area contributed by atoms with Crippen LogP contribution in [0.5, 0.6) is 11.5 Å². The van der Waals surface area contributed by atoms with Gasteiger partial charge in [-0.1, -0.05) is 12.1 Å². The Hall–Kier alpha value is -4.08. The lowest BCUT2D eigenvalue weighted by molar-refractivity contribution is 0.0950. The van der Waals surface area contributed by atoms with Gasteiger partial charge in [0.2, 0.25) is 5.82 Å². The molecule has 2 aromatic carbocycles. The number of nitrogens with zero attached hydrogens (tertiary/aromatic N) is 2. The first-order chi connectivity index (χ1) is 17.3. The molecule has 5 rings (SSSR count). The average molecular weight is 498 g/mol. The number of carbonyl (C=O) groups excluding carboxylic acids is 1. The maximum atomic E-state index is 14.2. The second-order valence-corrected chi connectivity index (χ2v) is 8.63. The number of amides is 1. The highest BCUT2D eigenvalue weighted by atomic mass is 19.3. The first-order valence-corrected chi connectivity index (χ1v) is 11.4. The van der Waals surface area contributed by atoms with Gasteiger partial charge in [-0.15, -0.1) is 0 Å². The van der Waals surface area contributed by atoms with Gasteiger partial charge < -0.3 is 15.4 Å². The molecule has 4 aromatic rings. The minimum atomic E-state index is -2.62. The fourth-order valence-corrected chi connectivity index (χ4v) is 3.91. The molecule has 1 fully saturated rings. The van der Waals surface area contributed by atoms with E-state index in [1.807, 2.05) is 13.0 Å². The van der Waals surface area contributed by atoms with Gasteiger partial charge in [0.05, 0.1) is 30.3 Å². The van der Waals surface area contributed by atoms with E-state index in [1.54, 1.807) is 22.7 Å². The smallest absolute Gasteiger partial charge is 0.255 e. The standard InChI is InChI=1S/C26H22F4N4O2/c1-14-9-15(5-8-18(14)26(35)33-16-6-7-16)21-11-32-25-20(31-12-23(28)29)10-17(13-34(21)25)36-22-4-2-3-19(27)24(22)30/h2-5,8-11,13,16,23,31H,6-7,12H2,1H3,(H,33,35). The highest BCUT2D eigenvalue weighted by Crippen LogP contribution is 2.33. The van der Waals surface area contributed by atoms with Crippen molar-refractivity contribution in [3.8, 4) is 22.8 Å². The van der Waals surface area contributed by atoms with Gasteiger partial charge in [0.1, 0.15) is 5.75 Å². The lowest BCUT2D eigenvalue weighted by Crippen LogP contribution is -2.26. The summed E-state index contributed by atoms with van der Waals surface area (Å²) in [7, 11) is 0. The third kappa shape index (κ3) is 4.84. The molecule has 2 heterocycles. The molecule has 6 nitrogen and oxygen atoms in total. The molecule has 2 aromatic heterocycles. The molecule has 0 radical (unpaired) electrons. The summed E-state index contributed by atoms with van der Waals surface area (Å²) in [6.45, 7) is 1.19. The van der Waals surface area contributed by atoms with Crippen LogP contribution < -0.4 is 15.4 Å². The largest absolute Gasteiger partial charge is 0.453 e. The molecule has 186 valence electrons. The number of carbonyl (C=O) groups is 1. The van der Waals surface area contributed by atoms with E-state index >= 15 is 0 Å². The van der Waals surface area contributed by atoms with Gasteiger partial charge in [0, 0.05) is 23.2 Å². The summed E-state index contributed by atoms with van der Waals surface area (Å²) in [5.41, 5.74) is 3.19. The van der Waals surface area contributed by atoms with Crippen molar-refractivity contribution >= 4 is 17.2 Å². The van der Waals surface area contributed by atoms with Crippen molar-refractivity contribution in [2.75, 3.05) is 11.9 Å². The van der Waals surface area contributed by atoms with E-state index in [-0.39, 0.29) is 29.1 Å². The number of hydrogen-bond acceptors (Lipinski definition) is 4. The summed E-state index contributed by atoms with van der Waals surface area (Å²) in [6.07, 6.45) is 2.42. The Balaban J connectivity index is 1.55. The summed E-state index contributed by atoms with van der Waals surface area (Å²) in [4.78, 5) is 16.9. The molecule has 0 saturated heterocycles. The van der Waals surface area contributed by atoms with Crippen molar-refractivity contribution in [2.45, 2.75) is 32.2 Å². The zero-order valence-electron chi connectivity index (χ0n) is 19.2. The van der Waals surface area contributed by atoms with Crippen LogP contribution in [0.25, 0.3) is 16.9 Å². The van der Waals surface area contributed by atoms with Crippen LogP contribution in [0.2, 0.25) is 0 Å². The fourth-order valence-electron chi connectivity index (χ4n) is 3.91. The molecule has 0 spiro atoms. The first kappa shape index (κ1) is 23.7. The van der Waals surface area contributed by atoms with Crippen molar-refractivity contribution in [1.82, 2.24) is 14.7 Å². The van der Waals surface area contributed by atoms with Gasteiger partial charge >= 0.3 is 0 Å². The summed E-state index contributed by atoms with van der Waals surface area (Å²) in [6, 6.07) is 10.5. The third-order valence-electron chi connectivity index (χ3n) is 5.85. The third-order valence-corrected chi connectivity index (χ3v) is 5.85. The van der Waals surface area contributed by atoms with E-state index < -0.39 is 24.6 Å². The quantitative estimate of drug-likeness (QED) is 0.295. The topological polar surface area (TPSA) is 67.7 Å². The zero-order valence-corrected chi connectivity index (χ0v) is 19.2. The van der Waals surface area contributed by atoms with Crippen LogP contribution >= 0.6 is 0 Å². The number of nitrogens with one attached hydrogen (secondary N) is 2. The Kier molecular flexibility index (Phi) is 6.26. The lowest BCUT2D eigenvalue weighted by atomic mass is 10.0. The molecule has 0 aliphatic heterocycles. The van der Waals surface area contributed by atoms with Gasteiger partial charge in [0.25, 0.3) is 12.3 Å². The Morgan fingerprint density at radius 1 is 1.19 bits per heavy atom. The first-order valence-electron chi connectivity index (χ1n) is 11.4. The Labute approximate surface area is 203 Å². The van der Waals surface area contributed by atoms with Gasteiger partial charge in [-0.05, 0) is 49.6 Å². The molecule has 1 saturated carbocycles. The van der Waals surface area contributed by atoms with Crippen LogP contribution in [0.4, 0.5) is 23.2 Å². The number of aryl methyl sites for hydroxylation is 1. The second-order valence-electron chi connectivity index (χ2n) is 8.63. The van der Waals surface area contributed by atoms with E-state index in [9.17, 15) is 22.4 Å². The van der Waals surface area contributed by atoms with Gasteiger partial charge in [-0.2, -0.15) is 4.39 Å². The minimum Gasteiger partial charge on any atom is -0.453 e. The van der Waals surface area contributed by atoms with Crippen molar-refractivity contribution in [2.24, 2.45) is 0 Å². The number of ether oxygens (including phenoxy) is 1. The molecule has 36 heavy (non-hydrogen) atoms. The fraction of sp³-hybridized carbons (Fsp3) is 0.231. The Morgan fingerprint density at radius 3 is 2.72 bits per heavy atom. The van der Waals surface area contributed by atoms with Crippen LogP contribution in [0.15, 0.2) is 54.9 Å². The molecular weight excluding hydrogens is 476 g/mol. The van der Waals surface area contributed by atoms with Crippen LogP contribution in [0, 0.1) is 18.6 Å². The number of pyridine rings is 1. The predicted octanol–water partition coefficient (Wildman–Crippen LogP) is 5.95. The van der Waals surface area contributed by atoms with E-state index in [1.165, 1.54) is 24.4 Å². The number of rotatable bonds is 8. The SMILES string of the molecule is Cc1cc(-c2cnc3c(NCC(F)F)cc(Oc4cccc(F)c4F)cn23)ccc1C(=O)NC1CC1. The molecule has 1 aliphatic rings. The highest BCUT2D eigenvalue weighted by molar-refractivity contribution is 5.96. The zero-order chi connectivity index (χ0) is 25.4. The van der Waals surface area contributed by atoms with Gasteiger partial charge in [0.15, 0.2) is 17.2 Å². The normalized spacial score (nSPS) is 13.3. The molecule has 2 N–H and O–H groups in total. The van der Waals surface area contributed by atoms with Crippen molar-refractivity contribution in [3.63, 3.8) is 0 Å². The Bertz CT molecular complexity index is 1450. The van der Waals surface area contributed by atoms with Crippen LogP contribution in [0.1, 0.15) is 28.8 Å². The molecule has 10 heteroatoms. The summed E-state index contributed by atoms with van der Waals surface area (Å²) in [5, 5.41) is 5.59. The monoisotopic (exact) mass is 498 g/mol. The highest BCUT2D eigenvalue weighted by Gasteiger charge is 2.24. The number of benzene rings is 2. The maximum Gasteiger partial charge on any atom is 0.255 e. The van der Waals surface area contributed by atoms with E-state index in [4.69, 9.17) is 4.74 Å². The van der Waals surface area contributed by atoms with Crippen LogP contribution in [-0.4, -0.2) is 34.3 Å². The van der Waals surface area contributed by atoms with E-state index in [0.717, 1.165) is 30.0 Å². The minimum absolute atomic E-state index is 0.0835. The number of fused-ring (bicyclic) bond motifs is 1. The van der Waals surface area contributed by atoms with Crippen molar-refractivity contribution in [1.29, 1.82) is 0 Å². The van der Waals surface area contributed by atoms with Crippen molar-refractivity contribution < 1.29 is 27.1 Å². The number of anilines is 1. The molecule has 0 unspecified atom stereocenters. The van der Waals surface area contributed by atoms with Gasteiger partial charge in [-0.25, -0.2) is 18.2 Å². The number of hydrogen-bond donors (Lipinski definition) is 2. The average Bonchev–Trinajstić information content (AvgIpc) is 3.55. The number of aromatic nitrogens is 2. The predicted molar refractivity (Wildman–Crippen MR) is 127 cm³/mol. The number of halogens is 4. The van der Waals surface area contributed by atoms with Crippen LogP contribution in [0.3, 0.4) is 0 Å². The van der Waals surface area contributed by atoms with Gasteiger partial charge in [-0.3, -0.25) is 9.20 Å². The molecular formula is C26H22F4N4O2. The summed E-state index contributed by atoms with van der Waals surface area (Å²) in [5.74, 6) is -2.64. The number of imidazole rings is 1. The summed E-state index contributed by atoms with van der Waals surface area (Å²) < 4.78 is 60.9. The molecule has 1 aliphatic carbocycles.